The van der Waals surface area contributed by atoms with Gasteiger partial charge in [0.1, 0.15) is 11.9 Å². The summed E-state index contributed by atoms with van der Waals surface area (Å²) in [7, 11) is 1.52. The summed E-state index contributed by atoms with van der Waals surface area (Å²) in [6, 6.07) is 0.367. The molecule has 194 valence electrons. The van der Waals surface area contributed by atoms with Gasteiger partial charge in [-0.2, -0.15) is 23.4 Å². The highest BCUT2D eigenvalue weighted by Gasteiger charge is 2.59. The van der Waals surface area contributed by atoms with Crippen molar-refractivity contribution in [3.05, 3.63) is 29.6 Å². The van der Waals surface area contributed by atoms with E-state index in [1.54, 1.807) is 6.33 Å². The van der Waals surface area contributed by atoms with Gasteiger partial charge in [-0.25, -0.2) is 14.5 Å². The second-order valence-corrected chi connectivity index (χ2v) is 12.3. The third kappa shape index (κ3) is 3.47. The molecule has 9 nitrogen and oxygen atoms in total. The predicted octanol–water partition coefficient (Wildman–Crippen LogP) is 2.72. The lowest BCUT2D eigenvalue weighted by atomic mass is 9.56. The quantitative estimate of drug-likeness (QED) is 0.690. The largest absolute Gasteiger partial charge is 0.435 e. The average molecular weight is 506 g/mol. The molecule has 3 saturated carbocycles. The minimum Gasteiger partial charge on any atom is -0.382 e. The maximum Gasteiger partial charge on any atom is 0.435 e. The lowest BCUT2D eigenvalue weighted by molar-refractivity contribution is -0.142. The van der Waals surface area contributed by atoms with E-state index < -0.39 is 17.5 Å². The van der Waals surface area contributed by atoms with E-state index in [2.05, 4.69) is 15.2 Å². The fraction of sp³-hybridized carbons (Fsp3) is 0.750. The smallest absolute Gasteiger partial charge is 0.382 e. The molecule has 2 aromatic heterocycles. The Bertz CT molecular complexity index is 1200. The van der Waals surface area contributed by atoms with Crippen molar-refractivity contribution in [3.63, 3.8) is 0 Å². The first-order chi connectivity index (χ1) is 16.9. The second kappa shape index (κ2) is 7.02. The van der Waals surface area contributed by atoms with Gasteiger partial charge in [0.2, 0.25) is 0 Å². The number of rotatable bonds is 4. The van der Waals surface area contributed by atoms with Gasteiger partial charge < -0.3 is 14.9 Å². The topological polar surface area (TPSA) is 92.3 Å². The SMILES string of the molecule is Cn1cc(CC2CC3(C2)CN(C(=O)N2CC4(CC(n5cnc(C6(O)CC6)n5)C4)C2)C3)c(C(F)(F)F)n1. The lowest BCUT2D eigenvalue weighted by Gasteiger charge is -2.63. The molecule has 12 heteroatoms. The van der Waals surface area contributed by atoms with Crippen molar-refractivity contribution in [2.24, 2.45) is 23.8 Å². The maximum absolute atomic E-state index is 13.2. The van der Waals surface area contributed by atoms with Gasteiger partial charge in [-0.1, -0.05) is 0 Å². The first-order valence-corrected chi connectivity index (χ1v) is 12.7. The molecule has 2 saturated heterocycles. The highest BCUT2D eigenvalue weighted by Crippen LogP contribution is 2.56. The van der Waals surface area contributed by atoms with E-state index in [9.17, 15) is 23.1 Å². The van der Waals surface area contributed by atoms with Crippen LogP contribution in [0.4, 0.5) is 18.0 Å². The fourth-order valence-electron chi connectivity index (χ4n) is 7.19. The molecule has 1 N–H and O–H groups in total. The molecule has 0 atom stereocenters. The van der Waals surface area contributed by atoms with Crippen LogP contribution in [0.1, 0.15) is 61.6 Å². The monoisotopic (exact) mass is 505 g/mol. The molecular weight excluding hydrogens is 475 g/mol. The zero-order chi connectivity index (χ0) is 25.1. The van der Waals surface area contributed by atoms with Gasteiger partial charge in [0.25, 0.3) is 0 Å². The summed E-state index contributed by atoms with van der Waals surface area (Å²) in [5.41, 5.74) is -1.06. The Labute approximate surface area is 206 Å². The fourth-order valence-corrected chi connectivity index (χ4v) is 7.19. The van der Waals surface area contributed by atoms with Crippen molar-refractivity contribution in [3.8, 4) is 0 Å². The highest BCUT2D eigenvalue weighted by atomic mass is 19.4. The van der Waals surface area contributed by atoms with E-state index in [4.69, 9.17) is 0 Å². The molecule has 0 unspecified atom stereocenters. The molecule has 2 aromatic rings. The van der Waals surface area contributed by atoms with Crippen LogP contribution in [0.2, 0.25) is 0 Å². The van der Waals surface area contributed by atoms with E-state index in [1.165, 1.54) is 17.9 Å². The van der Waals surface area contributed by atoms with Gasteiger partial charge in [-0.05, 0) is 50.9 Å². The van der Waals surface area contributed by atoms with Crippen molar-refractivity contribution in [2.45, 2.75) is 62.8 Å². The molecule has 2 amide bonds. The molecule has 36 heavy (non-hydrogen) atoms. The molecule has 2 aliphatic heterocycles. The van der Waals surface area contributed by atoms with Crippen LogP contribution in [0, 0.1) is 16.7 Å². The number of likely N-dealkylation sites (tertiary alicyclic amines) is 2. The van der Waals surface area contributed by atoms with E-state index in [0.717, 1.165) is 51.6 Å². The van der Waals surface area contributed by atoms with Gasteiger partial charge in [0, 0.05) is 55.8 Å². The molecule has 5 fully saturated rings. The summed E-state index contributed by atoms with van der Waals surface area (Å²) < 4.78 is 42.8. The predicted molar refractivity (Wildman–Crippen MR) is 119 cm³/mol. The molecule has 2 spiro atoms. The Morgan fingerprint density at radius 3 is 2.25 bits per heavy atom. The lowest BCUT2D eigenvalue weighted by Crippen LogP contribution is -2.71. The number of hydrogen-bond donors (Lipinski definition) is 1. The number of amides is 2. The molecule has 3 aliphatic carbocycles. The van der Waals surface area contributed by atoms with E-state index in [-0.39, 0.29) is 34.4 Å². The molecule has 7 rings (SSSR count). The van der Waals surface area contributed by atoms with E-state index in [1.807, 2.05) is 14.5 Å². The summed E-state index contributed by atoms with van der Waals surface area (Å²) in [5.74, 6) is 0.740. The van der Waals surface area contributed by atoms with Crippen LogP contribution in [0.3, 0.4) is 0 Å². The van der Waals surface area contributed by atoms with Crippen molar-refractivity contribution >= 4 is 6.03 Å². The Balaban J connectivity index is 0.862. The average Bonchev–Trinajstić information content (AvgIpc) is 3.08. The van der Waals surface area contributed by atoms with Crippen LogP contribution in [0.5, 0.6) is 0 Å². The Hall–Kier alpha value is -2.63. The zero-order valence-electron chi connectivity index (χ0n) is 20.2. The number of aromatic nitrogens is 5. The van der Waals surface area contributed by atoms with Crippen molar-refractivity contribution < 1.29 is 23.1 Å². The summed E-state index contributed by atoms with van der Waals surface area (Å²) in [6.07, 6.45) is 4.28. The molecule has 5 aliphatic rings. The van der Waals surface area contributed by atoms with Crippen LogP contribution >= 0.6 is 0 Å². The van der Waals surface area contributed by atoms with Crippen LogP contribution < -0.4 is 0 Å². The normalized spacial score (nSPS) is 25.9. The number of aryl methyl sites for hydroxylation is 1. The minimum absolute atomic E-state index is 0.0848. The summed E-state index contributed by atoms with van der Waals surface area (Å²) in [5, 5.41) is 18.3. The summed E-state index contributed by atoms with van der Waals surface area (Å²) in [4.78, 5) is 21.0. The number of alkyl halides is 3. The zero-order valence-corrected chi connectivity index (χ0v) is 20.2. The summed E-state index contributed by atoms with van der Waals surface area (Å²) in [6.45, 7) is 2.94. The first kappa shape index (κ1) is 22.6. The van der Waals surface area contributed by atoms with E-state index in [0.29, 0.717) is 25.3 Å². The first-order valence-electron chi connectivity index (χ1n) is 12.7. The number of aliphatic hydroxyl groups is 1. The minimum atomic E-state index is -4.43. The van der Waals surface area contributed by atoms with Gasteiger partial charge in [0.05, 0.1) is 6.04 Å². The molecule has 0 bridgehead atoms. The van der Waals surface area contributed by atoms with Crippen LogP contribution in [0.15, 0.2) is 12.5 Å². The third-order valence-corrected chi connectivity index (χ3v) is 9.13. The Morgan fingerprint density at radius 2 is 1.67 bits per heavy atom. The highest BCUT2D eigenvalue weighted by molar-refractivity contribution is 5.77. The van der Waals surface area contributed by atoms with Crippen LogP contribution in [0.25, 0.3) is 0 Å². The Kier molecular flexibility index (Phi) is 4.40. The standard InChI is InChI=1S/C24H30F3N7O2/c1-31-9-16(18(29-31)24(25,26)27)4-15-5-21(6-15)10-32(11-21)20(35)33-12-22(13-33)7-17(8-22)34-14-28-19(30-34)23(36)2-3-23/h9,14-15,17,36H,2-8,10-13H2,1H3. The van der Waals surface area contributed by atoms with Crippen molar-refractivity contribution in [1.82, 2.24) is 34.3 Å². The molecule has 0 radical (unpaired) electrons. The number of halogens is 3. The van der Waals surface area contributed by atoms with Crippen LogP contribution in [-0.4, -0.2) is 71.7 Å². The van der Waals surface area contributed by atoms with Gasteiger partial charge in [-0.3, -0.25) is 4.68 Å². The van der Waals surface area contributed by atoms with Gasteiger partial charge >= 0.3 is 12.2 Å². The Morgan fingerprint density at radius 1 is 1.06 bits per heavy atom. The number of urea groups is 1. The molecule has 0 aromatic carbocycles. The van der Waals surface area contributed by atoms with Gasteiger partial charge in [0.15, 0.2) is 11.5 Å². The van der Waals surface area contributed by atoms with Crippen molar-refractivity contribution in [1.29, 1.82) is 0 Å². The van der Waals surface area contributed by atoms with E-state index >= 15 is 0 Å². The molecule has 4 heterocycles. The van der Waals surface area contributed by atoms with Crippen molar-refractivity contribution in [2.75, 3.05) is 26.2 Å². The number of carbonyl (C=O) groups excluding carboxylic acids is 1. The van der Waals surface area contributed by atoms with Gasteiger partial charge in [-0.15, -0.1) is 0 Å². The summed E-state index contributed by atoms with van der Waals surface area (Å²) >= 11 is 0. The number of carbonyl (C=O) groups is 1. The third-order valence-electron chi connectivity index (χ3n) is 9.13. The number of hydrogen-bond acceptors (Lipinski definition) is 5. The second-order valence-electron chi connectivity index (χ2n) is 12.3. The maximum atomic E-state index is 13.2. The molecular formula is C24H30F3N7O2. The van der Waals surface area contributed by atoms with Crippen LogP contribution in [-0.2, 0) is 25.2 Å². The number of nitrogens with zero attached hydrogens (tertiary/aromatic N) is 7.